The Kier molecular flexibility index (Phi) is 2.69. The minimum absolute atomic E-state index is 0.116. The highest BCUT2D eigenvalue weighted by atomic mass is 35.5. The molecule has 1 aromatic heterocycles. The van der Waals surface area contributed by atoms with Crippen LogP contribution in [-0.4, -0.2) is 23.1 Å². The van der Waals surface area contributed by atoms with E-state index < -0.39 is 0 Å². The quantitative estimate of drug-likeness (QED) is 0.716. The van der Waals surface area contributed by atoms with E-state index in [4.69, 9.17) is 11.6 Å². The summed E-state index contributed by atoms with van der Waals surface area (Å²) in [5, 5.41) is 1.95. The van der Waals surface area contributed by atoms with Crippen molar-refractivity contribution in [3.05, 3.63) is 21.6 Å². The van der Waals surface area contributed by atoms with E-state index in [9.17, 15) is 4.79 Å². The lowest BCUT2D eigenvalue weighted by atomic mass is 10.3. The SMILES string of the molecule is O=c1[nH]c(N2CCCCN2)ncc1Cl. The van der Waals surface area contributed by atoms with Crippen LogP contribution in [-0.2, 0) is 0 Å². The van der Waals surface area contributed by atoms with Crippen molar-refractivity contribution in [3.63, 3.8) is 0 Å². The third-order valence-electron chi connectivity index (χ3n) is 2.11. The van der Waals surface area contributed by atoms with Gasteiger partial charge in [-0.1, -0.05) is 11.6 Å². The zero-order valence-corrected chi connectivity index (χ0v) is 8.34. The molecular weight excluding hydrogens is 204 g/mol. The summed E-state index contributed by atoms with van der Waals surface area (Å²) in [4.78, 5) is 17.8. The third kappa shape index (κ3) is 1.88. The minimum atomic E-state index is -0.302. The molecule has 1 aromatic rings. The fraction of sp³-hybridized carbons (Fsp3) is 0.500. The molecule has 5 nitrogen and oxygen atoms in total. The van der Waals surface area contributed by atoms with Crippen molar-refractivity contribution in [3.8, 4) is 0 Å². The molecule has 6 heteroatoms. The topological polar surface area (TPSA) is 61.0 Å². The largest absolute Gasteiger partial charge is 0.290 e. The number of anilines is 1. The van der Waals surface area contributed by atoms with Gasteiger partial charge in [0.25, 0.3) is 5.56 Å². The van der Waals surface area contributed by atoms with Gasteiger partial charge in [0, 0.05) is 13.1 Å². The smallest absolute Gasteiger partial charge is 0.271 e. The Morgan fingerprint density at radius 1 is 1.50 bits per heavy atom. The Morgan fingerprint density at radius 2 is 2.36 bits per heavy atom. The summed E-state index contributed by atoms with van der Waals surface area (Å²) in [7, 11) is 0. The van der Waals surface area contributed by atoms with Crippen LogP contribution in [0.2, 0.25) is 5.02 Å². The number of nitrogens with zero attached hydrogens (tertiary/aromatic N) is 2. The summed E-state index contributed by atoms with van der Waals surface area (Å²) in [6.45, 7) is 1.76. The second kappa shape index (κ2) is 3.98. The molecule has 14 heavy (non-hydrogen) atoms. The van der Waals surface area contributed by atoms with Crippen molar-refractivity contribution in [2.24, 2.45) is 0 Å². The van der Waals surface area contributed by atoms with Crippen LogP contribution in [0.25, 0.3) is 0 Å². The fourth-order valence-corrected chi connectivity index (χ4v) is 1.47. The van der Waals surface area contributed by atoms with Gasteiger partial charge in [-0.2, -0.15) is 0 Å². The molecule has 2 heterocycles. The monoisotopic (exact) mass is 214 g/mol. The molecule has 0 spiro atoms. The predicted octanol–water partition coefficient (Wildman–Crippen LogP) is 0.528. The fourth-order valence-electron chi connectivity index (χ4n) is 1.38. The molecule has 2 rings (SSSR count). The average molecular weight is 215 g/mol. The van der Waals surface area contributed by atoms with Crippen molar-refractivity contribution in [2.75, 3.05) is 18.1 Å². The molecule has 0 atom stereocenters. The number of H-pyrrole nitrogens is 1. The van der Waals surface area contributed by atoms with Crippen molar-refractivity contribution < 1.29 is 0 Å². The van der Waals surface area contributed by atoms with E-state index in [-0.39, 0.29) is 10.6 Å². The molecule has 1 aliphatic heterocycles. The summed E-state index contributed by atoms with van der Waals surface area (Å²) in [6, 6.07) is 0. The average Bonchev–Trinajstić information content (AvgIpc) is 2.23. The van der Waals surface area contributed by atoms with Crippen molar-refractivity contribution in [1.29, 1.82) is 0 Å². The van der Waals surface area contributed by atoms with E-state index in [0.29, 0.717) is 5.95 Å². The number of hydrogen-bond donors (Lipinski definition) is 2. The van der Waals surface area contributed by atoms with Crippen LogP contribution < -0.4 is 16.0 Å². The molecular formula is C8H11ClN4O. The van der Waals surface area contributed by atoms with Crippen LogP contribution >= 0.6 is 11.6 Å². The molecule has 0 bridgehead atoms. The Labute approximate surface area is 86.1 Å². The molecule has 0 radical (unpaired) electrons. The van der Waals surface area contributed by atoms with E-state index in [1.807, 2.05) is 5.01 Å². The van der Waals surface area contributed by atoms with Gasteiger partial charge in [0.1, 0.15) is 5.02 Å². The molecule has 1 aliphatic rings. The van der Waals surface area contributed by atoms with Crippen LogP contribution in [0, 0.1) is 0 Å². The van der Waals surface area contributed by atoms with Gasteiger partial charge in [0.05, 0.1) is 6.20 Å². The molecule has 0 aromatic carbocycles. The third-order valence-corrected chi connectivity index (χ3v) is 2.38. The van der Waals surface area contributed by atoms with Gasteiger partial charge < -0.3 is 0 Å². The van der Waals surface area contributed by atoms with Crippen LogP contribution in [0.15, 0.2) is 11.0 Å². The highest BCUT2D eigenvalue weighted by Crippen LogP contribution is 2.08. The van der Waals surface area contributed by atoms with Crippen LogP contribution in [0.5, 0.6) is 0 Å². The first-order valence-electron chi connectivity index (χ1n) is 4.53. The van der Waals surface area contributed by atoms with Crippen molar-refractivity contribution >= 4 is 17.5 Å². The van der Waals surface area contributed by atoms with Gasteiger partial charge in [-0.15, -0.1) is 0 Å². The number of halogens is 1. The van der Waals surface area contributed by atoms with E-state index in [2.05, 4.69) is 15.4 Å². The Hall–Kier alpha value is -1.07. The molecule has 1 fully saturated rings. The normalized spacial score (nSPS) is 17.1. The number of rotatable bonds is 1. The van der Waals surface area contributed by atoms with Crippen molar-refractivity contribution in [1.82, 2.24) is 15.4 Å². The molecule has 2 N–H and O–H groups in total. The maximum Gasteiger partial charge on any atom is 0.271 e. The van der Waals surface area contributed by atoms with Crippen LogP contribution in [0.4, 0.5) is 5.95 Å². The second-order valence-electron chi connectivity index (χ2n) is 3.15. The van der Waals surface area contributed by atoms with Gasteiger partial charge >= 0.3 is 0 Å². The van der Waals surface area contributed by atoms with E-state index in [1.165, 1.54) is 6.20 Å². The van der Waals surface area contributed by atoms with Crippen LogP contribution in [0.3, 0.4) is 0 Å². The first kappa shape index (κ1) is 9.48. The molecule has 76 valence electrons. The van der Waals surface area contributed by atoms with Crippen LogP contribution in [0.1, 0.15) is 12.8 Å². The minimum Gasteiger partial charge on any atom is -0.290 e. The number of hydrazine groups is 1. The lowest BCUT2D eigenvalue weighted by Gasteiger charge is -2.27. The lowest BCUT2D eigenvalue weighted by Crippen LogP contribution is -2.44. The highest BCUT2D eigenvalue weighted by Gasteiger charge is 2.12. The zero-order valence-electron chi connectivity index (χ0n) is 7.59. The maximum absolute atomic E-state index is 11.2. The molecule has 0 amide bonds. The standard InChI is InChI=1S/C8H11ClN4O/c9-6-5-10-8(12-7(6)14)13-4-2-1-3-11-13/h5,11H,1-4H2,(H,10,12,14). The summed E-state index contributed by atoms with van der Waals surface area (Å²) in [5.74, 6) is 0.527. The lowest BCUT2D eigenvalue weighted by molar-refractivity contribution is 0.501. The number of aromatic nitrogens is 2. The molecule has 0 aliphatic carbocycles. The van der Waals surface area contributed by atoms with Gasteiger partial charge in [0.15, 0.2) is 0 Å². The zero-order chi connectivity index (χ0) is 9.97. The Bertz CT molecular complexity index is 372. The van der Waals surface area contributed by atoms with Gasteiger partial charge in [-0.05, 0) is 12.8 Å². The van der Waals surface area contributed by atoms with Gasteiger partial charge in [0.2, 0.25) is 5.95 Å². The first-order chi connectivity index (χ1) is 6.77. The molecule has 0 saturated carbocycles. The van der Waals surface area contributed by atoms with E-state index >= 15 is 0 Å². The van der Waals surface area contributed by atoms with E-state index in [0.717, 1.165) is 25.9 Å². The number of hydrogen-bond acceptors (Lipinski definition) is 4. The van der Waals surface area contributed by atoms with Gasteiger partial charge in [-0.25, -0.2) is 10.4 Å². The maximum atomic E-state index is 11.2. The molecule has 0 unspecified atom stereocenters. The van der Waals surface area contributed by atoms with Gasteiger partial charge in [-0.3, -0.25) is 14.8 Å². The second-order valence-corrected chi connectivity index (χ2v) is 3.56. The molecule has 1 saturated heterocycles. The van der Waals surface area contributed by atoms with Crippen molar-refractivity contribution in [2.45, 2.75) is 12.8 Å². The first-order valence-corrected chi connectivity index (χ1v) is 4.91. The summed E-state index contributed by atoms with van der Waals surface area (Å²) < 4.78 is 0. The Morgan fingerprint density at radius 3 is 3.00 bits per heavy atom. The highest BCUT2D eigenvalue weighted by molar-refractivity contribution is 6.30. The van der Waals surface area contributed by atoms with E-state index in [1.54, 1.807) is 0 Å². The predicted molar refractivity (Wildman–Crippen MR) is 54.5 cm³/mol. The number of aromatic amines is 1. The summed E-state index contributed by atoms with van der Waals surface area (Å²) >= 11 is 5.57. The summed E-state index contributed by atoms with van der Waals surface area (Å²) in [5.41, 5.74) is 2.84. The Balaban J connectivity index is 2.23. The number of nitrogens with one attached hydrogen (secondary N) is 2. The summed E-state index contributed by atoms with van der Waals surface area (Å²) in [6.07, 6.45) is 3.61.